The number of aromatic nitrogens is 2. The van der Waals surface area contributed by atoms with Crippen molar-refractivity contribution >= 4 is 5.97 Å². The minimum absolute atomic E-state index is 0.221. The van der Waals surface area contributed by atoms with Crippen LogP contribution in [-0.2, 0) is 16.1 Å². The van der Waals surface area contributed by atoms with Crippen LogP contribution in [0.2, 0.25) is 0 Å². The van der Waals surface area contributed by atoms with E-state index in [9.17, 15) is 4.79 Å². The topological polar surface area (TPSA) is 56.2 Å². The summed E-state index contributed by atoms with van der Waals surface area (Å²) in [7, 11) is 1.42. The summed E-state index contributed by atoms with van der Waals surface area (Å²) in [5.41, 5.74) is 1.05. The lowest BCUT2D eigenvalue weighted by Crippen LogP contribution is -2.42. The van der Waals surface area contributed by atoms with Gasteiger partial charge in [0, 0.05) is 17.9 Å². The van der Waals surface area contributed by atoms with E-state index in [4.69, 9.17) is 4.74 Å². The molecular weight excluding hydrogens is 206 g/mol. The van der Waals surface area contributed by atoms with Gasteiger partial charge in [-0.1, -0.05) is 0 Å². The zero-order valence-electron chi connectivity index (χ0n) is 9.64. The summed E-state index contributed by atoms with van der Waals surface area (Å²) in [6, 6.07) is 2.10. The highest BCUT2D eigenvalue weighted by Crippen LogP contribution is 2.20. The van der Waals surface area contributed by atoms with E-state index in [1.54, 1.807) is 6.20 Å². The maximum absolute atomic E-state index is 11.6. The molecule has 1 heterocycles. The maximum Gasteiger partial charge on any atom is 0.324 e. The smallest absolute Gasteiger partial charge is 0.324 e. The van der Waals surface area contributed by atoms with Crippen LogP contribution in [0.1, 0.15) is 18.5 Å². The second-order valence-corrected chi connectivity index (χ2v) is 4.17. The minimum atomic E-state index is -0.295. The molecule has 5 heteroatoms. The number of rotatable bonds is 5. The fourth-order valence-corrected chi connectivity index (χ4v) is 1.63. The molecule has 1 N–H and O–H groups in total. The van der Waals surface area contributed by atoms with Crippen LogP contribution in [0, 0.1) is 6.92 Å². The lowest BCUT2D eigenvalue weighted by Gasteiger charge is -2.16. The largest absolute Gasteiger partial charge is 0.468 e. The lowest BCUT2D eigenvalue weighted by molar-refractivity contribution is -0.143. The van der Waals surface area contributed by atoms with Crippen LogP contribution in [0.15, 0.2) is 12.3 Å². The molecule has 1 aliphatic carbocycles. The van der Waals surface area contributed by atoms with Gasteiger partial charge >= 0.3 is 5.97 Å². The Morgan fingerprint density at radius 1 is 1.75 bits per heavy atom. The Labute approximate surface area is 94.8 Å². The van der Waals surface area contributed by atoms with Crippen LogP contribution in [0.5, 0.6) is 0 Å². The van der Waals surface area contributed by atoms with Gasteiger partial charge in [0.05, 0.1) is 13.7 Å². The van der Waals surface area contributed by atoms with Gasteiger partial charge in [0.2, 0.25) is 0 Å². The third-order valence-electron chi connectivity index (χ3n) is 2.78. The zero-order valence-corrected chi connectivity index (χ0v) is 9.64. The third-order valence-corrected chi connectivity index (χ3v) is 2.78. The van der Waals surface area contributed by atoms with Crippen molar-refractivity contribution < 1.29 is 9.53 Å². The summed E-state index contributed by atoms with van der Waals surface area (Å²) >= 11 is 0. The number of esters is 1. The molecule has 1 aromatic rings. The number of ether oxygens (including phenoxy) is 1. The number of nitrogens with one attached hydrogen (secondary N) is 1. The number of aryl methyl sites for hydroxylation is 1. The highest BCUT2D eigenvalue weighted by Gasteiger charge is 2.29. The van der Waals surface area contributed by atoms with Crippen molar-refractivity contribution in [1.82, 2.24) is 15.1 Å². The van der Waals surface area contributed by atoms with Crippen molar-refractivity contribution in [1.29, 1.82) is 0 Å². The summed E-state index contributed by atoms with van der Waals surface area (Å²) in [6.07, 6.45) is 4.03. The first-order valence-electron chi connectivity index (χ1n) is 5.53. The number of methoxy groups -OCH3 is 1. The molecule has 0 aromatic carbocycles. The average molecular weight is 223 g/mol. The van der Waals surface area contributed by atoms with E-state index in [2.05, 4.69) is 10.4 Å². The molecule has 1 unspecified atom stereocenters. The zero-order chi connectivity index (χ0) is 11.5. The fourth-order valence-electron chi connectivity index (χ4n) is 1.63. The normalized spacial score (nSPS) is 17.1. The minimum Gasteiger partial charge on any atom is -0.468 e. The van der Waals surface area contributed by atoms with Crippen molar-refractivity contribution in [2.24, 2.45) is 0 Å². The summed E-state index contributed by atoms with van der Waals surface area (Å²) in [6.45, 7) is 2.50. The number of hydrogen-bond donors (Lipinski definition) is 1. The Bertz CT molecular complexity index is 371. The third kappa shape index (κ3) is 2.61. The first kappa shape index (κ1) is 11.1. The molecule has 88 valence electrons. The molecule has 16 heavy (non-hydrogen) atoms. The Morgan fingerprint density at radius 3 is 3.00 bits per heavy atom. The highest BCUT2D eigenvalue weighted by atomic mass is 16.5. The molecule has 1 saturated carbocycles. The van der Waals surface area contributed by atoms with Crippen LogP contribution < -0.4 is 5.32 Å². The van der Waals surface area contributed by atoms with E-state index in [0.717, 1.165) is 18.5 Å². The molecule has 0 amide bonds. The van der Waals surface area contributed by atoms with Gasteiger partial charge in [-0.25, -0.2) is 0 Å². The second-order valence-electron chi connectivity index (χ2n) is 4.17. The summed E-state index contributed by atoms with van der Waals surface area (Å²) in [4.78, 5) is 11.6. The van der Waals surface area contributed by atoms with Gasteiger partial charge in [-0.15, -0.1) is 0 Å². The van der Waals surface area contributed by atoms with Crippen LogP contribution in [-0.4, -0.2) is 34.9 Å². The second kappa shape index (κ2) is 4.65. The average Bonchev–Trinajstić information content (AvgIpc) is 3.01. The number of nitrogens with zero attached hydrogens (tertiary/aromatic N) is 2. The van der Waals surface area contributed by atoms with Crippen LogP contribution in [0.4, 0.5) is 0 Å². The molecule has 0 spiro atoms. The predicted octanol–water partition coefficient (Wildman–Crippen LogP) is 0.485. The van der Waals surface area contributed by atoms with Gasteiger partial charge < -0.3 is 10.1 Å². The number of carbonyl (C=O) groups is 1. The monoisotopic (exact) mass is 223 g/mol. The summed E-state index contributed by atoms with van der Waals surface area (Å²) in [5, 5.41) is 7.44. The summed E-state index contributed by atoms with van der Waals surface area (Å²) < 4.78 is 6.60. The first-order valence-corrected chi connectivity index (χ1v) is 5.53. The van der Waals surface area contributed by atoms with Gasteiger partial charge in [-0.2, -0.15) is 5.10 Å². The van der Waals surface area contributed by atoms with Gasteiger partial charge in [0.1, 0.15) is 6.04 Å². The molecule has 0 aliphatic heterocycles. The van der Waals surface area contributed by atoms with Gasteiger partial charge in [-0.3, -0.25) is 9.48 Å². The molecule has 1 fully saturated rings. The predicted molar refractivity (Wildman–Crippen MR) is 58.9 cm³/mol. The fraction of sp³-hybridized carbons (Fsp3) is 0.636. The van der Waals surface area contributed by atoms with Gasteiger partial charge in [0.25, 0.3) is 0 Å². The molecule has 1 atom stereocenters. The van der Waals surface area contributed by atoms with Gasteiger partial charge in [0.15, 0.2) is 0 Å². The Balaban J connectivity index is 2.00. The Morgan fingerprint density at radius 2 is 2.50 bits per heavy atom. The van der Waals surface area contributed by atoms with Crippen molar-refractivity contribution in [3.8, 4) is 0 Å². The van der Waals surface area contributed by atoms with E-state index in [1.807, 2.05) is 17.7 Å². The molecule has 0 radical (unpaired) electrons. The van der Waals surface area contributed by atoms with E-state index in [0.29, 0.717) is 12.6 Å². The summed E-state index contributed by atoms with van der Waals surface area (Å²) in [5.74, 6) is -0.221. The maximum atomic E-state index is 11.6. The molecule has 1 aromatic heterocycles. The number of carbonyl (C=O) groups excluding carboxylic acids is 1. The molecular formula is C11H17N3O2. The van der Waals surface area contributed by atoms with Crippen LogP contribution in [0.3, 0.4) is 0 Å². The molecule has 0 bridgehead atoms. The highest BCUT2D eigenvalue weighted by molar-refractivity contribution is 5.75. The Hall–Kier alpha value is -1.36. The van der Waals surface area contributed by atoms with Crippen LogP contribution >= 0.6 is 0 Å². The lowest BCUT2D eigenvalue weighted by atomic mass is 10.3. The molecule has 1 aliphatic rings. The van der Waals surface area contributed by atoms with Gasteiger partial charge in [-0.05, 0) is 25.8 Å². The quantitative estimate of drug-likeness (QED) is 0.738. The molecule has 5 nitrogen and oxygen atoms in total. The Kier molecular flexibility index (Phi) is 3.24. The number of hydrogen-bond acceptors (Lipinski definition) is 4. The van der Waals surface area contributed by atoms with E-state index in [-0.39, 0.29) is 12.0 Å². The molecule has 2 rings (SSSR count). The molecule has 0 saturated heterocycles. The van der Waals surface area contributed by atoms with Crippen molar-refractivity contribution in [3.05, 3.63) is 18.0 Å². The van der Waals surface area contributed by atoms with E-state index >= 15 is 0 Å². The first-order chi connectivity index (χ1) is 7.70. The standard InChI is InChI=1S/C11H17N3O2/c1-8-5-6-12-14(8)7-10(11(15)16-2)13-9-3-4-9/h5-6,9-10,13H,3-4,7H2,1-2H3. The van der Waals surface area contributed by atoms with Crippen molar-refractivity contribution in [2.75, 3.05) is 7.11 Å². The van der Waals surface area contributed by atoms with Crippen LogP contribution in [0.25, 0.3) is 0 Å². The van der Waals surface area contributed by atoms with E-state index in [1.165, 1.54) is 7.11 Å². The van der Waals surface area contributed by atoms with Crippen molar-refractivity contribution in [3.63, 3.8) is 0 Å². The van der Waals surface area contributed by atoms with Crippen molar-refractivity contribution in [2.45, 2.75) is 38.4 Å². The van der Waals surface area contributed by atoms with E-state index < -0.39 is 0 Å². The SMILES string of the molecule is COC(=O)C(Cn1nccc1C)NC1CC1.